The standard InChI is InChI=1S/C10H6F3NO3/c11-10(12,13)9-6-3-5(4-8(15)16)1-2-7(6)17-14-9/h1-3H,4H2,(H,15,16). The number of halogens is 3. The largest absolute Gasteiger partial charge is 0.481 e. The van der Waals surface area contributed by atoms with E-state index in [0.717, 1.165) is 6.07 Å². The maximum absolute atomic E-state index is 12.5. The van der Waals surface area contributed by atoms with E-state index in [4.69, 9.17) is 5.11 Å². The van der Waals surface area contributed by atoms with Crippen LogP contribution in [0.15, 0.2) is 22.7 Å². The fourth-order valence-corrected chi connectivity index (χ4v) is 1.47. The Morgan fingerprint density at radius 3 is 2.71 bits per heavy atom. The summed E-state index contributed by atoms with van der Waals surface area (Å²) in [7, 11) is 0. The summed E-state index contributed by atoms with van der Waals surface area (Å²) >= 11 is 0. The van der Waals surface area contributed by atoms with Gasteiger partial charge in [0.05, 0.1) is 11.8 Å². The topological polar surface area (TPSA) is 63.3 Å². The van der Waals surface area contributed by atoms with Gasteiger partial charge in [0.15, 0.2) is 11.3 Å². The molecule has 0 saturated carbocycles. The average molecular weight is 245 g/mol. The molecule has 0 aliphatic carbocycles. The van der Waals surface area contributed by atoms with E-state index in [-0.39, 0.29) is 23.0 Å². The second kappa shape index (κ2) is 3.76. The summed E-state index contributed by atoms with van der Waals surface area (Å²) in [6.07, 6.45) is -4.97. The number of rotatable bonds is 2. The van der Waals surface area contributed by atoms with E-state index >= 15 is 0 Å². The lowest BCUT2D eigenvalue weighted by molar-refractivity contribution is -0.141. The Balaban J connectivity index is 2.54. The number of nitrogens with zero attached hydrogens (tertiary/aromatic N) is 1. The van der Waals surface area contributed by atoms with Crippen molar-refractivity contribution in [1.29, 1.82) is 0 Å². The zero-order chi connectivity index (χ0) is 12.6. The van der Waals surface area contributed by atoms with E-state index in [0.29, 0.717) is 0 Å². The molecule has 0 spiro atoms. The van der Waals surface area contributed by atoms with Crippen LogP contribution >= 0.6 is 0 Å². The molecule has 0 saturated heterocycles. The quantitative estimate of drug-likeness (QED) is 0.882. The third-order valence-electron chi connectivity index (χ3n) is 2.16. The molecule has 1 N–H and O–H groups in total. The SMILES string of the molecule is O=C(O)Cc1ccc2onc(C(F)(F)F)c2c1. The van der Waals surface area contributed by atoms with Gasteiger partial charge in [-0.1, -0.05) is 11.2 Å². The van der Waals surface area contributed by atoms with Crippen LogP contribution in [0, 0.1) is 0 Å². The van der Waals surface area contributed by atoms with Crippen molar-refractivity contribution in [1.82, 2.24) is 5.16 Å². The maximum atomic E-state index is 12.5. The number of fused-ring (bicyclic) bond motifs is 1. The van der Waals surface area contributed by atoms with Gasteiger partial charge in [-0.2, -0.15) is 13.2 Å². The number of alkyl halides is 3. The minimum absolute atomic E-state index is 0.0218. The van der Waals surface area contributed by atoms with Crippen molar-refractivity contribution in [2.75, 3.05) is 0 Å². The van der Waals surface area contributed by atoms with E-state index in [1.54, 1.807) is 0 Å². The number of aromatic nitrogens is 1. The number of hydrogen-bond donors (Lipinski definition) is 1. The van der Waals surface area contributed by atoms with E-state index in [9.17, 15) is 18.0 Å². The van der Waals surface area contributed by atoms with Crippen LogP contribution in [0.3, 0.4) is 0 Å². The normalized spacial score (nSPS) is 11.9. The highest BCUT2D eigenvalue weighted by Gasteiger charge is 2.37. The number of benzene rings is 1. The molecule has 0 amide bonds. The van der Waals surface area contributed by atoms with Gasteiger partial charge in [-0.05, 0) is 17.7 Å². The van der Waals surface area contributed by atoms with Gasteiger partial charge in [-0.3, -0.25) is 4.79 Å². The molecule has 17 heavy (non-hydrogen) atoms. The summed E-state index contributed by atoms with van der Waals surface area (Å²) in [6.45, 7) is 0. The van der Waals surface area contributed by atoms with Crippen molar-refractivity contribution in [2.45, 2.75) is 12.6 Å². The lowest BCUT2D eigenvalue weighted by Crippen LogP contribution is -2.06. The van der Waals surface area contributed by atoms with Crippen LogP contribution in [0.1, 0.15) is 11.3 Å². The van der Waals surface area contributed by atoms with Gasteiger partial charge in [0.1, 0.15) is 0 Å². The van der Waals surface area contributed by atoms with E-state index in [1.807, 2.05) is 0 Å². The summed E-state index contributed by atoms with van der Waals surface area (Å²) in [5.41, 5.74) is -0.898. The van der Waals surface area contributed by atoms with Crippen molar-refractivity contribution < 1.29 is 27.6 Å². The van der Waals surface area contributed by atoms with Gasteiger partial charge in [0, 0.05) is 0 Å². The van der Waals surface area contributed by atoms with Gasteiger partial charge in [0.25, 0.3) is 0 Å². The summed E-state index contributed by atoms with van der Waals surface area (Å²) in [5.74, 6) is -1.12. The zero-order valence-corrected chi connectivity index (χ0v) is 8.28. The summed E-state index contributed by atoms with van der Waals surface area (Å²) in [5, 5.41) is 11.3. The number of carbonyl (C=O) groups is 1. The highest BCUT2D eigenvalue weighted by atomic mass is 19.4. The maximum Gasteiger partial charge on any atom is 0.437 e. The molecule has 0 atom stereocenters. The van der Waals surface area contributed by atoms with Gasteiger partial charge < -0.3 is 9.63 Å². The summed E-state index contributed by atoms with van der Waals surface area (Å²) in [4.78, 5) is 10.5. The Kier molecular flexibility index (Phi) is 2.53. The Hall–Kier alpha value is -2.05. The second-order valence-corrected chi connectivity index (χ2v) is 3.43. The highest BCUT2D eigenvalue weighted by Crippen LogP contribution is 2.34. The minimum atomic E-state index is -4.62. The van der Waals surface area contributed by atoms with Crippen LogP contribution in [-0.2, 0) is 17.4 Å². The Labute approximate surface area is 92.6 Å². The first kappa shape index (κ1) is 11.4. The Bertz CT molecular complexity index is 574. The van der Waals surface area contributed by atoms with Crippen molar-refractivity contribution in [3.05, 3.63) is 29.5 Å². The predicted molar refractivity (Wildman–Crippen MR) is 50.4 cm³/mol. The average Bonchev–Trinajstić information content (AvgIpc) is 2.58. The highest BCUT2D eigenvalue weighted by molar-refractivity contribution is 5.82. The first-order valence-corrected chi connectivity index (χ1v) is 4.55. The van der Waals surface area contributed by atoms with Crippen molar-refractivity contribution in [3.63, 3.8) is 0 Å². The number of carboxylic acids is 1. The first-order valence-electron chi connectivity index (χ1n) is 4.55. The van der Waals surface area contributed by atoms with Crippen molar-refractivity contribution in [3.8, 4) is 0 Å². The number of carboxylic acid groups (broad SMARTS) is 1. The fourth-order valence-electron chi connectivity index (χ4n) is 1.47. The van der Waals surface area contributed by atoms with E-state index in [1.165, 1.54) is 12.1 Å². The van der Waals surface area contributed by atoms with Crippen molar-refractivity contribution in [2.24, 2.45) is 0 Å². The summed E-state index contributed by atoms with van der Waals surface area (Å²) in [6, 6.07) is 3.79. The van der Waals surface area contributed by atoms with E-state index in [2.05, 4.69) is 9.68 Å². The monoisotopic (exact) mass is 245 g/mol. The molecule has 0 bridgehead atoms. The van der Waals surface area contributed by atoms with Crippen LogP contribution in [-0.4, -0.2) is 16.2 Å². The third-order valence-corrected chi connectivity index (χ3v) is 2.16. The molecule has 4 nitrogen and oxygen atoms in total. The zero-order valence-electron chi connectivity index (χ0n) is 8.28. The van der Waals surface area contributed by atoms with Gasteiger partial charge in [-0.25, -0.2) is 0 Å². The molecule has 1 heterocycles. The van der Waals surface area contributed by atoms with Crippen LogP contribution in [0.25, 0.3) is 11.0 Å². The molecule has 2 aromatic rings. The molecule has 0 fully saturated rings. The molecular formula is C10H6F3NO3. The van der Waals surface area contributed by atoms with Crippen LogP contribution in [0.2, 0.25) is 0 Å². The second-order valence-electron chi connectivity index (χ2n) is 3.43. The molecular weight excluding hydrogens is 239 g/mol. The number of hydrogen-bond acceptors (Lipinski definition) is 3. The van der Waals surface area contributed by atoms with Crippen LogP contribution in [0.5, 0.6) is 0 Å². The molecule has 90 valence electrons. The Morgan fingerprint density at radius 1 is 1.41 bits per heavy atom. The fraction of sp³-hybridized carbons (Fsp3) is 0.200. The number of aliphatic carboxylic acids is 1. The molecule has 0 aliphatic heterocycles. The molecule has 2 rings (SSSR count). The molecule has 0 radical (unpaired) electrons. The Morgan fingerprint density at radius 2 is 2.12 bits per heavy atom. The first-order chi connectivity index (χ1) is 7.88. The van der Waals surface area contributed by atoms with E-state index < -0.39 is 17.8 Å². The molecule has 1 aromatic carbocycles. The van der Waals surface area contributed by atoms with Gasteiger partial charge in [0.2, 0.25) is 0 Å². The molecule has 0 aliphatic rings. The molecule has 1 aromatic heterocycles. The van der Waals surface area contributed by atoms with Crippen molar-refractivity contribution >= 4 is 16.9 Å². The van der Waals surface area contributed by atoms with Gasteiger partial charge in [-0.15, -0.1) is 0 Å². The third kappa shape index (κ3) is 2.22. The van der Waals surface area contributed by atoms with Gasteiger partial charge >= 0.3 is 12.1 Å². The summed E-state index contributed by atoms with van der Waals surface area (Å²) < 4.78 is 42.0. The van der Waals surface area contributed by atoms with Crippen LogP contribution in [0.4, 0.5) is 13.2 Å². The lowest BCUT2D eigenvalue weighted by atomic mass is 10.1. The molecule has 0 unspecified atom stereocenters. The van der Waals surface area contributed by atoms with Crippen LogP contribution < -0.4 is 0 Å². The minimum Gasteiger partial charge on any atom is -0.481 e. The molecule has 7 heteroatoms. The lowest BCUT2D eigenvalue weighted by Gasteiger charge is -2.01. The predicted octanol–water partition coefficient (Wildman–Crippen LogP) is 2.47. The smallest absolute Gasteiger partial charge is 0.437 e.